The van der Waals surface area contributed by atoms with Crippen molar-refractivity contribution in [2.75, 3.05) is 0 Å². The maximum absolute atomic E-state index is 12.7. The van der Waals surface area contributed by atoms with Gasteiger partial charge in [-0.05, 0) is 81.1 Å². The fraction of sp³-hybridized carbons (Fsp3) is 0. The summed E-state index contributed by atoms with van der Waals surface area (Å²) in [6.07, 6.45) is 0. The summed E-state index contributed by atoms with van der Waals surface area (Å²) in [4.78, 5) is 15.8. The van der Waals surface area contributed by atoms with Gasteiger partial charge in [-0.3, -0.25) is 9.36 Å². The van der Waals surface area contributed by atoms with E-state index < -0.39 is 0 Å². The van der Waals surface area contributed by atoms with Crippen molar-refractivity contribution in [2.45, 2.75) is 0 Å². The summed E-state index contributed by atoms with van der Waals surface area (Å²) in [5.41, 5.74) is 1.37. The lowest BCUT2D eigenvalue weighted by Crippen LogP contribution is -2.20. The van der Waals surface area contributed by atoms with Gasteiger partial charge in [0.15, 0.2) is 4.77 Å². The molecule has 0 saturated heterocycles. The molecule has 100 valence electrons. The fourth-order valence-corrected chi connectivity index (χ4v) is 3.28. The molecule has 0 atom stereocenters. The maximum Gasteiger partial charge on any atom is 0.266 e. The number of aromatic nitrogens is 2. The third-order valence-electron chi connectivity index (χ3n) is 2.95. The molecule has 3 aromatic rings. The van der Waals surface area contributed by atoms with Gasteiger partial charge < -0.3 is 4.98 Å². The lowest BCUT2D eigenvalue weighted by Gasteiger charge is -2.10. The van der Waals surface area contributed by atoms with Crippen molar-refractivity contribution in [3.8, 4) is 5.69 Å². The zero-order valence-corrected chi connectivity index (χ0v) is 14.6. The fourth-order valence-electron chi connectivity index (χ4n) is 2.04. The van der Waals surface area contributed by atoms with Crippen molar-refractivity contribution in [2.24, 2.45) is 0 Å². The second-order valence-corrected chi connectivity index (χ2v) is 6.70. The number of nitrogens with zero attached hydrogens (tertiary/aromatic N) is 1. The third-order valence-corrected chi connectivity index (χ3v) is 4.58. The van der Waals surface area contributed by atoms with E-state index in [1.165, 1.54) is 4.57 Å². The number of aromatic amines is 1. The van der Waals surface area contributed by atoms with Crippen LogP contribution in [0.4, 0.5) is 0 Å². The highest BCUT2D eigenvalue weighted by molar-refractivity contribution is 14.1. The van der Waals surface area contributed by atoms with Gasteiger partial charge in [0.2, 0.25) is 0 Å². The van der Waals surface area contributed by atoms with Crippen molar-refractivity contribution < 1.29 is 0 Å². The van der Waals surface area contributed by atoms with Crippen LogP contribution in [-0.2, 0) is 0 Å². The zero-order valence-electron chi connectivity index (χ0n) is 10.1. The Hall–Kier alpha value is -0.990. The first-order valence-electron chi connectivity index (χ1n) is 5.77. The monoisotopic (exact) mass is 458 g/mol. The van der Waals surface area contributed by atoms with Gasteiger partial charge in [0.1, 0.15) is 0 Å². The molecule has 0 fully saturated rings. The van der Waals surface area contributed by atoms with Gasteiger partial charge >= 0.3 is 0 Å². The quantitative estimate of drug-likeness (QED) is 0.433. The number of para-hydroxylation sites is 1. The molecular weight excluding hydrogens is 451 g/mol. The first-order valence-corrected chi connectivity index (χ1v) is 8.05. The standard InChI is InChI=1S/C14H8BrIN2OS/c15-10-3-1-2-4-12(10)18-13(19)9-7-8(16)5-6-11(9)17-14(18)20/h1-7H,(H,17,20). The molecule has 0 spiro atoms. The number of rotatable bonds is 1. The topological polar surface area (TPSA) is 37.8 Å². The average molecular weight is 459 g/mol. The van der Waals surface area contributed by atoms with E-state index >= 15 is 0 Å². The van der Waals surface area contributed by atoms with Crippen LogP contribution in [0.25, 0.3) is 16.6 Å². The van der Waals surface area contributed by atoms with E-state index in [-0.39, 0.29) is 5.56 Å². The number of hydrogen-bond acceptors (Lipinski definition) is 2. The van der Waals surface area contributed by atoms with Crippen LogP contribution < -0.4 is 5.56 Å². The van der Waals surface area contributed by atoms with Crippen LogP contribution >= 0.6 is 50.7 Å². The second kappa shape index (κ2) is 5.42. The van der Waals surface area contributed by atoms with Crippen LogP contribution in [0, 0.1) is 8.34 Å². The minimum atomic E-state index is -0.117. The summed E-state index contributed by atoms with van der Waals surface area (Å²) in [5, 5.41) is 0.626. The second-order valence-electron chi connectivity index (χ2n) is 4.21. The molecule has 2 aromatic carbocycles. The highest BCUT2D eigenvalue weighted by Crippen LogP contribution is 2.20. The van der Waals surface area contributed by atoms with Crippen molar-refractivity contribution in [3.05, 3.63) is 65.6 Å². The molecule has 0 saturated carbocycles. The van der Waals surface area contributed by atoms with Crippen LogP contribution in [0.3, 0.4) is 0 Å². The first kappa shape index (κ1) is 14.0. The van der Waals surface area contributed by atoms with E-state index in [0.717, 1.165) is 19.2 Å². The summed E-state index contributed by atoms with van der Waals surface area (Å²) in [6.45, 7) is 0. The number of halogens is 2. The molecule has 1 N–H and O–H groups in total. The van der Waals surface area contributed by atoms with E-state index in [1.807, 2.05) is 42.5 Å². The molecule has 0 radical (unpaired) electrons. The van der Waals surface area contributed by atoms with Crippen molar-refractivity contribution in [1.82, 2.24) is 9.55 Å². The number of hydrogen-bond donors (Lipinski definition) is 1. The summed E-state index contributed by atoms with van der Waals surface area (Å²) in [5.74, 6) is 0. The molecule has 0 aliphatic rings. The van der Waals surface area contributed by atoms with Gasteiger partial charge in [0, 0.05) is 8.04 Å². The predicted octanol–water partition coefficient (Wildman–Crippen LogP) is 4.42. The SMILES string of the molecule is O=c1c2cc(I)ccc2[nH]c(=S)n1-c1ccccc1Br. The van der Waals surface area contributed by atoms with Crippen LogP contribution in [0.5, 0.6) is 0 Å². The Morgan fingerprint density at radius 3 is 2.70 bits per heavy atom. The Morgan fingerprint density at radius 1 is 1.20 bits per heavy atom. The van der Waals surface area contributed by atoms with Gasteiger partial charge in [-0.15, -0.1) is 0 Å². The van der Waals surface area contributed by atoms with Crippen molar-refractivity contribution >= 4 is 61.6 Å². The molecule has 1 aromatic heterocycles. The Kier molecular flexibility index (Phi) is 3.78. The van der Waals surface area contributed by atoms with Gasteiger partial charge in [0.25, 0.3) is 5.56 Å². The van der Waals surface area contributed by atoms with Gasteiger partial charge in [-0.2, -0.15) is 0 Å². The molecule has 3 nitrogen and oxygen atoms in total. The lowest BCUT2D eigenvalue weighted by molar-refractivity contribution is 0.935. The van der Waals surface area contributed by atoms with Crippen LogP contribution in [0.15, 0.2) is 51.7 Å². The molecule has 0 bridgehead atoms. The number of nitrogens with one attached hydrogen (secondary N) is 1. The molecule has 0 unspecified atom stereocenters. The Morgan fingerprint density at radius 2 is 1.95 bits per heavy atom. The number of benzene rings is 2. The average Bonchev–Trinajstić information content (AvgIpc) is 2.42. The highest BCUT2D eigenvalue weighted by atomic mass is 127. The normalized spacial score (nSPS) is 10.9. The molecule has 20 heavy (non-hydrogen) atoms. The molecule has 0 aliphatic carbocycles. The van der Waals surface area contributed by atoms with Gasteiger partial charge in [-0.1, -0.05) is 12.1 Å². The number of H-pyrrole nitrogens is 1. The molecule has 6 heteroatoms. The number of fused-ring (bicyclic) bond motifs is 1. The first-order chi connectivity index (χ1) is 9.58. The molecule has 0 amide bonds. The Labute approximate surface area is 141 Å². The van der Waals surface area contributed by atoms with E-state index in [1.54, 1.807) is 0 Å². The van der Waals surface area contributed by atoms with Crippen LogP contribution in [-0.4, -0.2) is 9.55 Å². The highest BCUT2D eigenvalue weighted by Gasteiger charge is 2.10. The van der Waals surface area contributed by atoms with Crippen molar-refractivity contribution in [1.29, 1.82) is 0 Å². The summed E-state index contributed by atoms with van der Waals surface area (Å²) < 4.78 is 3.73. The van der Waals surface area contributed by atoms with Gasteiger partial charge in [-0.25, -0.2) is 0 Å². The van der Waals surface area contributed by atoms with E-state index in [4.69, 9.17) is 12.2 Å². The maximum atomic E-state index is 12.7. The Balaban J connectivity index is 2.46. The van der Waals surface area contributed by atoms with Crippen LogP contribution in [0.1, 0.15) is 0 Å². The largest absolute Gasteiger partial charge is 0.331 e. The third kappa shape index (κ3) is 2.36. The smallest absolute Gasteiger partial charge is 0.266 e. The van der Waals surface area contributed by atoms with E-state index in [9.17, 15) is 4.79 Å². The van der Waals surface area contributed by atoms with Crippen LogP contribution in [0.2, 0.25) is 0 Å². The van der Waals surface area contributed by atoms with E-state index in [0.29, 0.717) is 10.2 Å². The minimum Gasteiger partial charge on any atom is -0.331 e. The molecule has 0 aliphatic heterocycles. The minimum absolute atomic E-state index is 0.117. The van der Waals surface area contributed by atoms with Gasteiger partial charge in [0.05, 0.1) is 16.6 Å². The predicted molar refractivity (Wildman–Crippen MR) is 95.1 cm³/mol. The van der Waals surface area contributed by atoms with E-state index in [2.05, 4.69) is 43.5 Å². The summed E-state index contributed by atoms with van der Waals surface area (Å²) >= 11 is 11.0. The summed E-state index contributed by atoms with van der Waals surface area (Å²) in [7, 11) is 0. The van der Waals surface area contributed by atoms with Crippen molar-refractivity contribution in [3.63, 3.8) is 0 Å². The Bertz CT molecular complexity index is 932. The zero-order chi connectivity index (χ0) is 14.3. The molecular formula is C14H8BrIN2OS. The molecule has 1 heterocycles. The summed E-state index contributed by atoms with van der Waals surface area (Å²) in [6, 6.07) is 13.2. The lowest BCUT2D eigenvalue weighted by atomic mass is 10.2. The molecule has 3 rings (SSSR count).